The van der Waals surface area contributed by atoms with Crippen molar-refractivity contribution in [1.29, 1.82) is 0 Å². The van der Waals surface area contributed by atoms with Crippen molar-refractivity contribution in [2.45, 2.75) is 13.3 Å². The molecule has 3 rings (SSSR count). The molecule has 128 valence electrons. The number of hydrogen-bond acceptors (Lipinski definition) is 5. The van der Waals surface area contributed by atoms with Gasteiger partial charge in [0.05, 0.1) is 6.20 Å². The van der Waals surface area contributed by atoms with Crippen LogP contribution < -0.4 is 10.6 Å². The Balaban J connectivity index is 1.63. The number of rotatable bonds is 6. The molecule has 0 spiro atoms. The van der Waals surface area contributed by atoms with Crippen LogP contribution in [0.4, 0.5) is 21.8 Å². The van der Waals surface area contributed by atoms with Gasteiger partial charge in [0.2, 0.25) is 5.95 Å². The van der Waals surface area contributed by atoms with Crippen molar-refractivity contribution in [2.75, 3.05) is 17.2 Å². The van der Waals surface area contributed by atoms with E-state index in [1.54, 1.807) is 12.1 Å². The predicted octanol–water partition coefficient (Wildman–Crippen LogP) is 4.37. The summed E-state index contributed by atoms with van der Waals surface area (Å²) in [5, 5.41) is 14.8. The predicted molar refractivity (Wildman–Crippen MR) is 97.9 cm³/mol. The van der Waals surface area contributed by atoms with Crippen molar-refractivity contribution in [3.63, 3.8) is 0 Å². The number of anilines is 3. The largest absolute Gasteiger partial charge is 0.368 e. The Morgan fingerprint density at radius 3 is 2.80 bits per heavy atom. The Kier molecular flexibility index (Phi) is 5.40. The van der Waals surface area contributed by atoms with E-state index in [-0.39, 0.29) is 5.82 Å². The zero-order valence-corrected chi connectivity index (χ0v) is 14.4. The summed E-state index contributed by atoms with van der Waals surface area (Å²) in [6.07, 6.45) is 2.07. The van der Waals surface area contributed by atoms with Crippen LogP contribution in [0.3, 0.4) is 0 Å². The van der Waals surface area contributed by atoms with E-state index in [4.69, 9.17) is 11.6 Å². The van der Waals surface area contributed by atoms with Gasteiger partial charge in [0.25, 0.3) is 0 Å². The van der Waals surface area contributed by atoms with E-state index in [9.17, 15) is 4.39 Å². The Morgan fingerprint density at radius 2 is 1.96 bits per heavy atom. The molecule has 0 amide bonds. The average Bonchev–Trinajstić information content (AvgIpc) is 2.61. The van der Waals surface area contributed by atoms with E-state index in [2.05, 4.69) is 25.8 Å². The number of benzene rings is 2. The van der Waals surface area contributed by atoms with Gasteiger partial charge in [0.1, 0.15) is 5.82 Å². The second kappa shape index (κ2) is 7.90. The van der Waals surface area contributed by atoms with Crippen LogP contribution in [0.15, 0.2) is 48.7 Å². The van der Waals surface area contributed by atoms with Crippen LogP contribution in [-0.2, 0) is 6.42 Å². The average molecular weight is 358 g/mol. The highest BCUT2D eigenvalue weighted by Gasteiger charge is 2.06. The van der Waals surface area contributed by atoms with Gasteiger partial charge in [0, 0.05) is 17.3 Å². The van der Waals surface area contributed by atoms with Crippen molar-refractivity contribution in [1.82, 2.24) is 15.2 Å². The minimum atomic E-state index is -0.205. The highest BCUT2D eigenvalue weighted by Crippen LogP contribution is 2.24. The van der Waals surface area contributed by atoms with E-state index in [1.165, 1.54) is 12.3 Å². The molecule has 0 aliphatic heterocycles. The topological polar surface area (TPSA) is 62.7 Å². The third kappa shape index (κ3) is 4.42. The first-order chi connectivity index (χ1) is 12.1. The molecule has 0 atom stereocenters. The summed E-state index contributed by atoms with van der Waals surface area (Å²) in [6.45, 7) is 2.45. The number of hydrogen-bond donors (Lipinski definition) is 2. The third-order valence-electron chi connectivity index (χ3n) is 3.73. The number of nitrogens with one attached hydrogen (secondary N) is 2. The number of aromatic nitrogens is 3. The van der Waals surface area contributed by atoms with Crippen LogP contribution in [0.2, 0.25) is 5.02 Å². The smallest absolute Gasteiger partial charge is 0.249 e. The van der Waals surface area contributed by atoms with Crippen molar-refractivity contribution in [3.8, 4) is 0 Å². The van der Waals surface area contributed by atoms with E-state index in [0.29, 0.717) is 35.3 Å². The molecule has 7 heteroatoms. The van der Waals surface area contributed by atoms with Gasteiger partial charge in [-0.3, -0.25) is 0 Å². The maximum absolute atomic E-state index is 13.6. The quantitative estimate of drug-likeness (QED) is 0.685. The van der Waals surface area contributed by atoms with Crippen LogP contribution in [0.1, 0.15) is 11.1 Å². The lowest BCUT2D eigenvalue weighted by Crippen LogP contribution is -2.09. The molecule has 0 unspecified atom stereocenters. The first-order valence-electron chi connectivity index (χ1n) is 7.82. The summed E-state index contributed by atoms with van der Waals surface area (Å²) in [4.78, 5) is 4.36. The van der Waals surface area contributed by atoms with Crippen LogP contribution in [-0.4, -0.2) is 21.7 Å². The highest BCUT2D eigenvalue weighted by molar-refractivity contribution is 6.31. The van der Waals surface area contributed by atoms with Gasteiger partial charge in [-0.1, -0.05) is 35.9 Å². The molecule has 1 heterocycles. The summed E-state index contributed by atoms with van der Waals surface area (Å²) in [5.74, 6) is 0.721. The summed E-state index contributed by atoms with van der Waals surface area (Å²) in [6, 6.07) is 12.3. The van der Waals surface area contributed by atoms with Gasteiger partial charge in [-0.15, -0.1) is 5.10 Å². The van der Waals surface area contributed by atoms with Gasteiger partial charge in [0.15, 0.2) is 5.82 Å². The van der Waals surface area contributed by atoms with Crippen LogP contribution in [0.25, 0.3) is 0 Å². The van der Waals surface area contributed by atoms with Gasteiger partial charge in [-0.05, 0) is 42.7 Å². The molecule has 0 aliphatic rings. The standard InChI is InChI=1S/C18H17ClFN5/c1-12-14(19)6-4-8-16(12)23-18-24-17(11-22-25-18)21-10-9-13-5-2-3-7-15(13)20/h2-8,11H,9-10H2,1H3,(H2,21,23,24,25). The lowest BCUT2D eigenvalue weighted by Gasteiger charge is -2.10. The fraction of sp³-hybridized carbons (Fsp3) is 0.167. The van der Waals surface area contributed by atoms with Crippen molar-refractivity contribution in [2.24, 2.45) is 0 Å². The molecule has 2 N–H and O–H groups in total. The van der Waals surface area contributed by atoms with Crippen molar-refractivity contribution in [3.05, 3.63) is 70.6 Å². The summed E-state index contributed by atoms with van der Waals surface area (Å²) < 4.78 is 13.6. The minimum Gasteiger partial charge on any atom is -0.368 e. The van der Waals surface area contributed by atoms with Crippen molar-refractivity contribution < 1.29 is 4.39 Å². The summed E-state index contributed by atoms with van der Waals surface area (Å²) >= 11 is 6.11. The molecule has 5 nitrogen and oxygen atoms in total. The molecule has 0 saturated heterocycles. The minimum absolute atomic E-state index is 0.205. The first-order valence-corrected chi connectivity index (χ1v) is 8.20. The lowest BCUT2D eigenvalue weighted by atomic mass is 10.1. The van der Waals surface area contributed by atoms with Crippen molar-refractivity contribution >= 4 is 29.1 Å². The fourth-order valence-corrected chi connectivity index (χ4v) is 2.51. The number of nitrogens with zero attached hydrogens (tertiary/aromatic N) is 3. The van der Waals surface area contributed by atoms with E-state index >= 15 is 0 Å². The highest BCUT2D eigenvalue weighted by atomic mass is 35.5. The fourth-order valence-electron chi connectivity index (χ4n) is 2.33. The van der Waals surface area contributed by atoms with E-state index < -0.39 is 0 Å². The summed E-state index contributed by atoms with van der Waals surface area (Å²) in [5.41, 5.74) is 2.38. The monoisotopic (exact) mass is 357 g/mol. The molecule has 0 aliphatic carbocycles. The second-order valence-electron chi connectivity index (χ2n) is 5.47. The van der Waals surface area contributed by atoms with Gasteiger partial charge < -0.3 is 10.6 Å². The lowest BCUT2D eigenvalue weighted by molar-refractivity contribution is 0.610. The molecule has 0 radical (unpaired) electrons. The molecule has 25 heavy (non-hydrogen) atoms. The van der Waals surface area contributed by atoms with E-state index in [1.807, 2.05) is 31.2 Å². The van der Waals surface area contributed by atoms with Gasteiger partial charge in [-0.25, -0.2) is 4.39 Å². The molecular weight excluding hydrogens is 341 g/mol. The maximum atomic E-state index is 13.6. The van der Waals surface area contributed by atoms with E-state index in [0.717, 1.165) is 11.3 Å². The Bertz CT molecular complexity index is 872. The van der Waals surface area contributed by atoms with Crippen LogP contribution in [0.5, 0.6) is 0 Å². The molecular formula is C18H17ClFN5. The van der Waals surface area contributed by atoms with Crippen LogP contribution in [0, 0.1) is 12.7 Å². The normalized spacial score (nSPS) is 10.5. The van der Waals surface area contributed by atoms with Crippen LogP contribution >= 0.6 is 11.6 Å². The number of halogens is 2. The Morgan fingerprint density at radius 1 is 1.12 bits per heavy atom. The molecule has 2 aromatic carbocycles. The second-order valence-corrected chi connectivity index (χ2v) is 5.88. The Labute approximate surface area is 150 Å². The molecule has 0 saturated carbocycles. The molecule has 0 bridgehead atoms. The zero-order valence-electron chi connectivity index (χ0n) is 13.6. The molecule has 0 fully saturated rings. The van der Waals surface area contributed by atoms with Gasteiger partial charge >= 0.3 is 0 Å². The third-order valence-corrected chi connectivity index (χ3v) is 4.14. The summed E-state index contributed by atoms with van der Waals surface area (Å²) in [7, 11) is 0. The molecule has 3 aromatic rings. The Hall–Kier alpha value is -2.73. The maximum Gasteiger partial charge on any atom is 0.249 e. The SMILES string of the molecule is Cc1c(Cl)cccc1Nc1nncc(NCCc2ccccc2F)n1. The first kappa shape index (κ1) is 17.1. The van der Waals surface area contributed by atoms with Gasteiger partial charge in [-0.2, -0.15) is 10.1 Å². The molecule has 1 aromatic heterocycles. The zero-order chi connectivity index (χ0) is 17.6.